The Balaban J connectivity index is 2.58. The van der Waals surface area contributed by atoms with Crippen LogP contribution in [0.4, 0.5) is 0 Å². The molecule has 1 amide bonds. The van der Waals surface area contributed by atoms with Crippen LogP contribution in [0.5, 0.6) is 5.75 Å². The van der Waals surface area contributed by atoms with Gasteiger partial charge in [0.1, 0.15) is 5.75 Å². The molecule has 0 aliphatic rings. The molecule has 1 aromatic rings. The summed E-state index contributed by atoms with van der Waals surface area (Å²) >= 11 is 0. The molecule has 2 unspecified atom stereocenters. The Morgan fingerprint density at radius 2 is 1.95 bits per heavy atom. The van der Waals surface area contributed by atoms with Crippen LogP contribution in [0.1, 0.15) is 26.3 Å². The van der Waals surface area contributed by atoms with Crippen molar-refractivity contribution in [3.63, 3.8) is 0 Å². The number of amides is 1. The summed E-state index contributed by atoms with van der Waals surface area (Å²) in [5.41, 5.74) is 0.537. The lowest BCUT2D eigenvalue weighted by Crippen LogP contribution is -2.46. The number of ether oxygens (including phenoxy) is 1. The number of hydrogen-bond acceptors (Lipinski definition) is 4. The summed E-state index contributed by atoms with van der Waals surface area (Å²) in [5.74, 6) is 0.393. The molecule has 5 heteroatoms. The maximum absolute atomic E-state index is 11.9. The standard InChI is InChI=1S/C15H20N2O3/c1-10(2)14(9-18)17-15(19)11(3)20-13-6-4-12(8-16)5-7-13/h4-7,10-11,14,18H,9H2,1-3H3,(H,17,19). The van der Waals surface area contributed by atoms with Crippen molar-refractivity contribution in [2.45, 2.75) is 32.9 Å². The van der Waals surface area contributed by atoms with Gasteiger partial charge in [-0.1, -0.05) is 13.8 Å². The van der Waals surface area contributed by atoms with Gasteiger partial charge in [-0.15, -0.1) is 0 Å². The van der Waals surface area contributed by atoms with Gasteiger partial charge in [0.2, 0.25) is 0 Å². The molecule has 2 N–H and O–H groups in total. The molecule has 0 radical (unpaired) electrons. The molecule has 0 aliphatic carbocycles. The molecule has 1 rings (SSSR count). The number of carbonyl (C=O) groups excluding carboxylic acids is 1. The predicted molar refractivity (Wildman–Crippen MR) is 75.1 cm³/mol. The molecule has 0 saturated carbocycles. The average Bonchev–Trinajstić information content (AvgIpc) is 2.44. The number of carbonyl (C=O) groups is 1. The van der Waals surface area contributed by atoms with E-state index in [1.165, 1.54) is 0 Å². The number of rotatable bonds is 6. The van der Waals surface area contributed by atoms with Crippen molar-refractivity contribution in [3.05, 3.63) is 29.8 Å². The average molecular weight is 276 g/mol. The highest BCUT2D eigenvalue weighted by molar-refractivity contribution is 5.81. The first-order chi connectivity index (χ1) is 9.47. The zero-order valence-corrected chi connectivity index (χ0v) is 12.0. The fourth-order valence-corrected chi connectivity index (χ4v) is 1.59. The maximum Gasteiger partial charge on any atom is 0.261 e. The van der Waals surface area contributed by atoms with Gasteiger partial charge in [-0.3, -0.25) is 4.79 Å². The number of nitriles is 1. The summed E-state index contributed by atoms with van der Waals surface area (Å²) < 4.78 is 5.50. The first kappa shape index (κ1) is 16.0. The molecule has 20 heavy (non-hydrogen) atoms. The SMILES string of the molecule is CC(Oc1ccc(C#N)cc1)C(=O)NC(CO)C(C)C. The van der Waals surface area contributed by atoms with Crippen molar-refractivity contribution in [2.75, 3.05) is 6.61 Å². The molecule has 0 aromatic heterocycles. The van der Waals surface area contributed by atoms with Gasteiger partial charge in [0, 0.05) is 0 Å². The van der Waals surface area contributed by atoms with Gasteiger partial charge < -0.3 is 15.2 Å². The number of hydrogen-bond donors (Lipinski definition) is 2. The number of benzene rings is 1. The Kier molecular flexibility index (Phi) is 6.01. The van der Waals surface area contributed by atoms with E-state index in [9.17, 15) is 9.90 Å². The van der Waals surface area contributed by atoms with Crippen molar-refractivity contribution in [1.29, 1.82) is 5.26 Å². The third-order valence-electron chi connectivity index (χ3n) is 2.99. The van der Waals surface area contributed by atoms with Gasteiger partial charge >= 0.3 is 0 Å². The van der Waals surface area contributed by atoms with Crippen LogP contribution in [0.3, 0.4) is 0 Å². The lowest BCUT2D eigenvalue weighted by molar-refractivity contribution is -0.128. The van der Waals surface area contributed by atoms with Crippen LogP contribution in [0, 0.1) is 17.2 Å². The number of aliphatic hydroxyl groups excluding tert-OH is 1. The first-order valence-electron chi connectivity index (χ1n) is 6.56. The van der Waals surface area contributed by atoms with Gasteiger partial charge in [-0.2, -0.15) is 5.26 Å². The largest absolute Gasteiger partial charge is 0.481 e. The molecule has 2 atom stereocenters. The molecule has 0 spiro atoms. The zero-order chi connectivity index (χ0) is 15.1. The summed E-state index contributed by atoms with van der Waals surface area (Å²) in [5, 5.41) is 20.6. The van der Waals surface area contributed by atoms with Crippen molar-refractivity contribution >= 4 is 5.91 Å². The highest BCUT2D eigenvalue weighted by Crippen LogP contribution is 2.13. The van der Waals surface area contributed by atoms with Crippen molar-refractivity contribution in [3.8, 4) is 11.8 Å². The second kappa shape index (κ2) is 7.51. The molecule has 0 saturated heterocycles. The van der Waals surface area contributed by atoms with E-state index in [0.29, 0.717) is 11.3 Å². The molecule has 0 aliphatic heterocycles. The summed E-state index contributed by atoms with van der Waals surface area (Å²) in [7, 11) is 0. The monoisotopic (exact) mass is 276 g/mol. The third-order valence-corrected chi connectivity index (χ3v) is 2.99. The third kappa shape index (κ3) is 4.56. The number of nitrogens with zero attached hydrogens (tertiary/aromatic N) is 1. The van der Waals surface area contributed by atoms with E-state index in [0.717, 1.165) is 0 Å². The van der Waals surface area contributed by atoms with Crippen LogP contribution in [0.2, 0.25) is 0 Å². The van der Waals surface area contributed by atoms with Crippen molar-refractivity contribution in [2.24, 2.45) is 5.92 Å². The van der Waals surface area contributed by atoms with Gasteiger partial charge in [0.15, 0.2) is 6.10 Å². The Bertz CT molecular complexity index is 477. The Hall–Kier alpha value is -2.06. The lowest BCUT2D eigenvalue weighted by atomic mass is 10.1. The number of nitrogens with one attached hydrogen (secondary N) is 1. The molecule has 1 aromatic carbocycles. The molecule has 0 bridgehead atoms. The highest BCUT2D eigenvalue weighted by atomic mass is 16.5. The smallest absolute Gasteiger partial charge is 0.261 e. The van der Waals surface area contributed by atoms with Crippen LogP contribution in [-0.2, 0) is 4.79 Å². The maximum atomic E-state index is 11.9. The first-order valence-corrected chi connectivity index (χ1v) is 6.56. The predicted octanol–water partition coefficient (Wildman–Crippen LogP) is 1.46. The molecule has 0 heterocycles. The van der Waals surface area contributed by atoms with E-state index >= 15 is 0 Å². The van der Waals surface area contributed by atoms with Crippen LogP contribution < -0.4 is 10.1 Å². The quantitative estimate of drug-likeness (QED) is 0.824. The van der Waals surface area contributed by atoms with E-state index in [-0.39, 0.29) is 24.5 Å². The zero-order valence-electron chi connectivity index (χ0n) is 12.0. The topological polar surface area (TPSA) is 82.3 Å². The van der Waals surface area contributed by atoms with Gasteiger partial charge in [0.05, 0.1) is 24.3 Å². The summed E-state index contributed by atoms with van der Waals surface area (Å²) in [6.45, 7) is 5.38. The van der Waals surface area contributed by atoms with Gasteiger partial charge in [0.25, 0.3) is 5.91 Å². The Morgan fingerprint density at radius 3 is 2.40 bits per heavy atom. The fourth-order valence-electron chi connectivity index (χ4n) is 1.59. The van der Waals surface area contributed by atoms with Crippen LogP contribution >= 0.6 is 0 Å². The fraction of sp³-hybridized carbons (Fsp3) is 0.467. The highest BCUT2D eigenvalue weighted by Gasteiger charge is 2.20. The summed E-state index contributed by atoms with van der Waals surface area (Å²) in [4.78, 5) is 11.9. The molecular formula is C15H20N2O3. The minimum atomic E-state index is -0.671. The Labute approximate surface area is 119 Å². The van der Waals surface area contributed by atoms with Crippen LogP contribution in [-0.4, -0.2) is 29.8 Å². The second-order valence-electron chi connectivity index (χ2n) is 4.94. The van der Waals surface area contributed by atoms with E-state index in [2.05, 4.69) is 5.32 Å². The van der Waals surface area contributed by atoms with Crippen LogP contribution in [0.15, 0.2) is 24.3 Å². The summed E-state index contributed by atoms with van der Waals surface area (Å²) in [6, 6.07) is 8.28. The van der Waals surface area contributed by atoms with E-state index in [1.807, 2.05) is 19.9 Å². The normalized spacial score (nSPS) is 13.4. The van der Waals surface area contributed by atoms with E-state index in [4.69, 9.17) is 10.00 Å². The molecule has 0 fully saturated rings. The minimum Gasteiger partial charge on any atom is -0.481 e. The van der Waals surface area contributed by atoms with Crippen molar-refractivity contribution in [1.82, 2.24) is 5.32 Å². The van der Waals surface area contributed by atoms with Crippen LogP contribution in [0.25, 0.3) is 0 Å². The minimum absolute atomic E-state index is 0.104. The summed E-state index contributed by atoms with van der Waals surface area (Å²) in [6.07, 6.45) is -0.671. The number of aliphatic hydroxyl groups is 1. The molecule has 5 nitrogen and oxygen atoms in total. The van der Waals surface area contributed by atoms with Gasteiger partial charge in [-0.05, 0) is 37.1 Å². The van der Waals surface area contributed by atoms with E-state index in [1.54, 1.807) is 31.2 Å². The Morgan fingerprint density at radius 1 is 1.35 bits per heavy atom. The molecule has 108 valence electrons. The lowest BCUT2D eigenvalue weighted by Gasteiger charge is -2.22. The second-order valence-corrected chi connectivity index (χ2v) is 4.94. The molecular weight excluding hydrogens is 256 g/mol. The van der Waals surface area contributed by atoms with Crippen molar-refractivity contribution < 1.29 is 14.6 Å². The van der Waals surface area contributed by atoms with E-state index < -0.39 is 6.10 Å². The van der Waals surface area contributed by atoms with Gasteiger partial charge in [-0.25, -0.2) is 0 Å².